The summed E-state index contributed by atoms with van der Waals surface area (Å²) < 4.78 is 10.5. The highest BCUT2D eigenvalue weighted by atomic mass is 35.5. The molecule has 3 rings (SSSR count). The number of nitrogens with two attached hydrogens (primary N) is 1. The number of aromatic hydroxyl groups is 1. The van der Waals surface area contributed by atoms with Crippen molar-refractivity contribution in [2.75, 3.05) is 6.61 Å². The van der Waals surface area contributed by atoms with Crippen molar-refractivity contribution in [3.8, 4) is 5.75 Å². The predicted octanol–water partition coefficient (Wildman–Crippen LogP) is 4.95. The summed E-state index contributed by atoms with van der Waals surface area (Å²) in [5.41, 5.74) is 1.36. The van der Waals surface area contributed by atoms with Gasteiger partial charge in [0.05, 0.1) is 11.6 Å². The Morgan fingerprint density at radius 2 is 1.76 bits per heavy atom. The van der Waals surface area contributed by atoms with Gasteiger partial charge in [0.15, 0.2) is 0 Å². The van der Waals surface area contributed by atoms with Gasteiger partial charge in [-0.15, -0.1) is 0 Å². The van der Waals surface area contributed by atoms with E-state index in [2.05, 4.69) is 10.4 Å². The molecule has 0 spiro atoms. The second-order valence-corrected chi connectivity index (χ2v) is 9.35. The molecule has 3 aromatic rings. The summed E-state index contributed by atoms with van der Waals surface area (Å²) in [6.45, 7) is 5.70. The Bertz CT molecular complexity index is 1370. The highest BCUT2D eigenvalue weighted by molar-refractivity contribution is 6.53. The molecule has 38 heavy (non-hydrogen) atoms. The first kappa shape index (κ1) is 28.5. The summed E-state index contributed by atoms with van der Waals surface area (Å²) in [4.78, 5) is 37.9. The average Bonchev–Trinajstić information content (AvgIpc) is 2.89. The molecule has 0 bridgehead atoms. The predicted molar refractivity (Wildman–Crippen MR) is 145 cm³/mol. The Balaban J connectivity index is 1.84. The molecular formula is C28H30ClN3O6. The first-order chi connectivity index (χ1) is 18.2. The fourth-order valence-corrected chi connectivity index (χ4v) is 4.17. The van der Waals surface area contributed by atoms with E-state index in [9.17, 15) is 19.5 Å². The van der Waals surface area contributed by atoms with Gasteiger partial charge in [-0.25, -0.2) is 9.59 Å². The van der Waals surface area contributed by atoms with Gasteiger partial charge >= 0.3 is 12.1 Å². The van der Waals surface area contributed by atoms with Gasteiger partial charge in [0.1, 0.15) is 24.1 Å². The molecule has 0 aromatic heterocycles. The minimum absolute atomic E-state index is 0.000804. The number of phenolic OH excluding ortho intramolecular Hbond substituents is 1. The van der Waals surface area contributed by atoms with Gasteiger partial charge in [0.25, 0.3) is 0 Å². The SMILES string of the molecule is CCOC(=O)C(CC(C)C)NC(=O)OCc1ccc(C(=NN)C(=O)c2ccc(O)c(Cl)c2)c2ccccc12. The number of nitrogens with zero attached hydrogens (tertiary/aromatic N) is 1. The van der Waals surface area contributed by atoms with Gasteiger partial charge < -0.3 is 25.7 Å². The minimum atomic E-state index is -0.815. The highest BCUT2D eigenvalue weighted by Crippen LogP contribution is 2.27. The van der Waals surface area contributed by atoms with Crippen molar-refractivity contribution in [1.82, 2.24) is 5.32 Å². The molecule has 1 atom stereocenters. The first-order valence-corrected chi connectivity index (χ1v) is 12.5. The van der Waals surface area contributed by atoms with Crippen molar-refractivity contribution in [3.63, 3.8) is 0 Å². The summed E-state index contributed by atoms with van der Waals surface area (Å²) in [6.07, 6.45) is -0.340. The van der Waals surface area contributed by atoms with Gasteiger partial charge in [-0.3, -0.25) is 4.79 Å². The first-order valence-electron chi connectivity index (χ1n) is 12.1. The van der Waals surface area contributed by atoms with Crippen LogP contribution in [-0.4, -0.2) is 41.3 Å². The smallest absolute Gasteiger partial charge is 0.408 e. The molecule has 0 heterocycles. The molecule has 9 nitrogen and oxygen atoms in total. The Hall–Kier alpha value is -4.11. The Labute approximate surface area is 225 Å². The summed E-state index contributed by atoms with van der Waals surface area (Å²) in [6, 6.07) is 13.9. The van der Waals surface area contributed by atoms with Crippen LogP contribution in [0.4, 0.5) is 4.79 Å². The maximum Gasteiger partial charge on any atom is 0.408 e. The number of hydrogen-bond acceptors (Lipinski definition) is 8. The number of carbonyl (C=O) groups excluding carboxylic acids is 3. The van der Waals surface area contributed by atoms with Crippen LogP contribution in [0.2, 0.25) is 5.02 Å². The third-order valence-electron chi connectivity index (χ3n) is 5.75. The number of ketones is 1. The van der Waals surface area contributed by atoms with E-state index in [1.165, 1.54) is 18.2 Å². The molecule has 4 N–H and O–H groups in total. The van der Waals surface area contributed by atoms with Crippen LogP contribution in [0.5, 0.6) is 5.75 Å². The molecule has 0 aliphatic heterocycles. The van der Waals surface area contributed by atoms with Crippen LogP contribution < -0.4 is 11.2 Å². The minimum Gasteiger partial charge on any atom is -0.506 e. The molecule has 10 heteroatoms. The molecule has 3 aromatic carbocycles. The number of ether oxygens (including phenoxy) is 2. The second kappa shape index (κ2) is 12.9. The highest BCUT2D eigenvalue weighted by Gasteiger charge is 2.24. The summed E-state index contributed by atoms with van der Waals surface area (Å²) in [5, 5.41) is 17.4. The standard InChI is InChI=1S/C28H30ClN3O6/c1-4-37-27(35)23(13-16(2)3)31-28(36)38-15-18-9-11-21(20-8-6-5-7-19(18)20)25(32-30)26(34)17-10-12-24(33)22(29)14-17/h5-12,14,16,23,33H,4,13,15,30H2,1-3H3,(H,31,36). The molecular weight excluding hydrogens is 510 g/mol. The van der Waals surface area contributed by atoms with Crippen LogP contribution in [0.25, 0.3) is 10.8 Å². The molecule has 0 aliphatic carbocycles. The van der Waals surface area contributed by atoms with Crippen LogP contribution >= 0.6 is 11.6 Å². The van der Waals surface area contributed by atoms with E-state index in [4.69, 9.17) is 26.9 Å². The number of esters is 1. The van der Waals surface area contributed by atoms with Crippen molar-refractivity contribution in [1.29, 1.82) is 0 Å². The number of hydrogen-bond donors (Lipinski definition) is 3. The molecule has 0 radical (unpaired) electrons. The number of Topliss-reactive ketones (excluding diaryl/α,β-unsaturated/α-hetero) is 1. The molecule has 0 aliphatic rings. The maximum absolute atomic E-state index is 13.2. The molecule has 1 amide bonds. The van der Waals surface area contributed by atoms with Crippen molar-refractivity contribution in [3.05, 3.63) is 76.3 Å². The number of fused-ring (bicyclic) bond motifs is 1. The average molecular weight is 540 g/mol. The van der Waals surface area contributed by atoms with E-state index >= 15 is 0 Å². The van der Waals surface area contributed by atoms with Gasteiger partial charge in [0.2, 0.25) is 5.78 Å². The number of carbonyl (C=O) groups is 3. The number of hydrazone groups is 1. The Morgan fingerprint density at radius 3 is 2.39 bits per heavy atom. The molecule has 0 saturated heterocycles. The molecule has 0 fully saturated rings. The summed E-state index contributed by atoms with van der Waals surface area (Å²) in [5.74, 6) is 4.65. The normalized spacial score (nSPS) is 12.3. The van der Waals surface area contributed by atoms with E-state index in [1.54, 1.807) is 31.2 Å². The lowest BCUT2D eigenvalue weighted by Gasteiger charge is -2.19. The lowest BCUT2D eigenvalue weighted by atomic mass is 9.93. The quantitative estimate of drug-likeness (QED) is 0.109. The lowest BCUT2D eigenvalue weighted by Crippen LogP contribution is -2.42. The van der Waals surface area contributed by atoms with Crippen LogP contribution in [0.3, 0.4) is 0 Å². The Kier molecular flexibility index (Phi) is 9.67. The van der Waals surface area contributed by atoms with E-state index in [1.807, 2.05) is 26.0 Å². The summed E-state index contributed by atoms with van der Waals surface area (Å²) >= 11 is 5.97. The van der Waals surface area contributed by atoms with Gasteiger partial charge in [-0.1, -0.05) is 61.8 Å². The number of benzene rings is 3. The third kappa shape index (κ3) is 6.80. The topological polar surface area (TPSA) is 140 Å². The largest absolute Gasteiger partial charge is 0.506 e. The molecule has 1 unspecified atom stereocenters. The number of nitrogens with one attached hydrogen (secondary N) is 1. The number of amides is 1. The van der Waals surface area contributed by atoms with Crippen molar-refractivity contribution < 1.29 is 29.0 Å². The zero-order chi connectivity index (χ0) is 27.8. The number of rotatable bonds is 10. The van der Waals surface area contributed by atoms with E-state index in [0.717, 1.165) is 5.39 Å². The van der Waals surface area contributed by atoms with Crippen molar-refractivity contribution in [2.45, 2.75) is 39.8 Å². The summed E-state index contributed by atoms with van der Waals surface area (Å²) in [7, 11) is 0. The number of alkyl carbamates (subject to hydrolysis) is 1. The zero-order valence-electron chi connectivity index (χ0n) is 21.4. The fourth-order valence-electron chi connectivity index (χ4n) is 3.98. The van der Waals surface area contributed by atoms with Gasteiger partial charge in [0, 0.05) is 11.1 Å². The van der Waals surface area contributed by atoms with Crippen LogP contribution in [-0.2, 0) is 20.9 Å². The van der Waals surface area contributed by atoms with Gasteiger partial charge in [-0.2, -0.15) is 5.10 Å². The molecule has 0 saturated carbocycles. The third-order valence-corrected chi connectivity index (χ3v) is 6.06. The maximum atomic E-state index is 13.2. The number of halogens is 1. The monoisotopic (exact) mass is 539 g/mol. The lowest BCUT2D eigenvalue weighted by molar-refractivity contribution is -0.146. The van der Waals surface area contributed by atoms with Crippen molar-refractivity contribution in [2.24, 2.45) is 16.9 Å². The second-order valence-electron chi connectivity index (χ2n) is 8.95. The van der Waals surface area contributed by atoms with Crippen LogP contribution in [0.15, 0.2) is 59.7 Å². The van der Waals surface area contributed by atoms with Gasteiger partial charge in [-0.05, 0) is 53.8 Å². The van der Waals surface area contributed by atoms with Crippen molar-refractivity contribution >= 4 is 45.9 Å². The van der Waals surface area contributed by atoms with E-state index in [0.29, 0.717) is 22.9 Å². The van der Waals surface area contributed by atoms with Crippen LogP contribution in [0.1, 0.15) is 48.7 Å². The fraction of sp³-hybridized carbons (Fsp3) is 0.286. The van der Waals surface area contributed by atoms with E-state index in [-0.39, 0.29) is 41.2 Å². The zero-order valence-corrected chi connectivity index (χ0v) is 22.1. The Morgan fingerprint density at radius 1 is 1.05 bits per heavy atom. The molecule has 200 valence electrons. The van der Waals surface area contributed by atoms with Crippen LogP contribution in [0, 0.1) is 5.92 Å². The number of phenols is 1. The van der Waals surface area contributed by atoms with E-state index < -0.39 is 23.9 Å².